The fourth-order valence-electron chi connectivity index (χ4n) is 3.33. The summed E-state index contributed by atoms with van der Waals surface area (Å²) >= 11 is 0. The number of piperidine rings is 1. The van der Waals surface area contributed by atoms with Crippen molar-refractivity contribution in [2.45, 2.75) is 12.8 Å². The van der Waals surface area contributed by atoms with E-state index in [-0.39, 0.29) is 5.91 Å². The molecule has 0 bridgehead atoms. The molecule has 4 rings (SSSR count). The number of amides is 1. The van der Waals surface area contributed by atoms with Gasteiger partial charge in [0.2, 0.25) is 0 Å². The highest BCUT2D eigenvalue weighted by atomic mass is 16.2. The van der Waals surface area contributed by atoms with Gasteiger partial charge in [0.1, 0.15) is 5.69 Å². The van der Waals surface area contributed by atoms with Crippen molar-refractivity contribution in [2.24, 2.45) is 5.10 Å². The maximum atomic E-state index is 12.9. The minimum Gasteiger partial charge on any atom is -0.337 e. The summed E-state index contributed by atoms with van der Waals surface area (Å²) in [5.41, 5.74) is 6.76. The smallest absolute Gasteiger partial charge is 0.275 e. The van der Waals surface area contributed by atoms with Crippen LogP contribution in [0.5, 0.6) is 0 Å². The first-order valence-electron chi connectivity index (χ1n) is 9.58. The number of likely N-dealkylation sites (tertiary alicyclic amines) is 1. The predicted octanol–water partition coefficient (Wildman–Crippen LogP) is 1.93. The summed E-state index contributed by atoms with van der Waals surface area (Å²) in [6, 6.07) is 19.5. The molecule has 0 aliphatic carbocycles. The van der Waals surface area contributed by atoms with Crippen molar-refractivity contribution in [2.75, 3.05) is 20.1 Å². The largest absolute Gasteiger partial charge is 0.337 e. The van der Waals surface area contributed by atoms with Crippen molar-refractivity contribution < 1.29 is 9.69 Å². The lowest BCUT2D eigenvalue weighted by atomic mass is 10.1. The molecule has 2 N–H and O–H groups in total. The van der Waals surface area contributed by atoms with Crippen LogP contribution in [0, 0.1) is 0 Å². The molecule has 1 fully saturated rings. The molecule has 2 aromatic carbocycles. The molecular weight excluding hydrogens is 350 g/mol. The average molecular weight is 374 g/mol. The highest BCUT2D eigenvalue weighted by Gasteiger charge is 2.19. The molecule has 6 nitrogen and oxygen atoms in total. The van der Waals surface area contributed by atoms with E-state index in [0.29, 0.717) is 11.3 Å². The third kappa shape index (κ3) is 4.02. The first-order valence-corrected chi connectivity index (χ1v) is 9.58. The quantitative estimate of drug-likeness (QED) is 0.686. The van der Waals surface area contributed by atoms with Gasteiger partial charge in [0, 0.05) is 30.3 Å². The van der Waals surface area contributed by atoms with Crippen molar-refractivity contribution in [1.82, 2.24) is 15.2 Å². The van der Waals surface area contributed by atoms with E-state index >= 15 is 0 Å². The van der Waals surface area contributed by atoms with Crippen molar-refractivity contribution in [3.05, 3.63) is 72.4 Å². The van der Waals surface area contributed by atoms with E-state index < -0.39 is 0 Å². The summed E-state index contributed by atoms with van der Waals surface area (Å²) in [4.78, 5) is 14.4. The number of rotatable bonds is 4. The Labute approximate surface area is 164 Å². The van der Waals surface area contributed by atoms with E-state index in [1.807, 2.05) is 60.7 Å². The number of hydrogen-bond donors (Lipinski definition) is 2. The number of carbonyl (C=O) groups is 1. The number of quaternary nitrogens is 1. The molecule has 1 aromatic heterocycles. The van der Waals surface area contributed by atoms with E-state index in [1.165, 1.54) is 4.90 Å². The van der Waals surface area contributed by atoms with Crippen LogP contribution in [0.25, 0.3) is 16.9 Å². The monoisotopic (exact) mass is 374 g/mol. The van der Waals surface area contributed by atoms with Gasteiger partial charge in [-0.25, -0.2) is 10.1 Å². The standard InChI is InChI=1S/C22H23N5O/c1-26-14-12-18(13-15-26)23-24-22(28)20-16-27(19-10-6-3-7-11-19)25-21(20)17-8-4-2-5-9-17/h2-11,16H,12-15H2,1H3,(H,24,28)/p+1. The van der Waals surface area contributed by atoms with Crippen LogP contribution in [0.15, 0.2) is 72.0 Å². The van der Waals surface area contributed by atoms with Crippen LogP contribution < -0.4 is 10.3 Å². The van der Waals surface area contributed by atoms with Gasteiger partial charge in [-0.05, 0) is 12.1 Å². The fraction of sp³-hybridized carbons (Fsp3) is 0.227. The Bertz CT molecular complexity index is 969. The summed E-state index contributed by atoms with van der Waals surface area (Å²) in [5.74, 6) is -0.236. The Balaban J connectivity index is 1.64. The van der Waals surface area contributed by atoms with Crippen molar-refractivity contribution in [1.29, 1.82) is 0 Å². The normalized spacial score (nSPS) is 16.6. The first-order chi connectivity index (χ1) is 13.7. The molecule has 1 aliphatic rings. The summed E-state index contributed by atoms with van der Waals surface area (Å²) < 4.78 is 1.74. The minimum atomic E-state index is -0.236. The highest BCUT2D eigenvalue weighted by molar-refractivity contribution is 6.00. The molecule has 0 unspecified atom stereocenters. The van der Waals surface area contributed by atoms with Crippen LogP contribution in [-0.4, -0.2) is 41.5 Å². The van der Waals surface area contributed by atoms with Crippen LogP contribution in [0.4, 0.5) is 0 Å². The number of carbonyl (C=O) groups excluding carboxylic acids is 1. The third-order valence-electron chi connectivity index (χ3n) is 5.02. The molecule has 28 heavy (non-hydrogen) atoms. The molecule has 0 saturated carbocycles. The molecule has 1 aliphatic heterocycles. The lowest BCUT2D eigenvalue weighted by Crippen LogP contribution is -3.10. The van der Waals surface area contributed by atoms with Crippen LogP contribution in [0.3, 0.4) is 0 Å². The number of aromatic nitrogens is 2. The summed E-state index contributed by atoms with van der Waals surface area (Å²) in [6.07, 6.45) is 3.61. The number of nitrogens with one attached hydrogen (secondary N) is 2. The average Bonchev–Trinajstić information content (AvgIpc) is 3.20. The molecule has 0 spiro atoms. The van der Waals surface area contributed by atoms with Gasteiger partial charge in [-0.3, -0.25) is 4.79 Å². The Morgan fingerprint density at radius 2 is 1.68 bits per heavy atom. The Morgan fingerprint density at radius 1 is 1.04 bits per heavy atom. The van der Waals surface area contributed by atoms with E-state index in [0.717, 1.165) is 42.9 Å². The molecule has 1 amide bonds. The van der Waals surface area contributed by atoms with E-state index in [9.17, 15) is 4.79 Å². The van der Waals surface area contributed by atoms with Crippen LogP contribution in [-0.2, 0) is 0 Å². The molecule has 2 heterocycles. The zero-order valence-corrected chi connectivity index (χ0v) is 15.9. The molecule has 142 valence electrons. The van der Waals surface area contributed by atoms with Gasteiger partial charge in [0.05, 0.1) is 31.4 Å². The number of benzene rings is 2. The van der Waals surface area contributed by atoms with Crippen molar-refractivity contribution in [3.8, 4) is 16.9 Å². The third-order valence-corrected chi connectivity index (χ3v) is 5.02. The molecule has 3 aromatic rings. The zero-order chi connectivity index (χ0) is 19.3. The van der Waals surface area contributed by atoms with Crippen molar-refractivity contribution in [3.63, 3.8) is 0 Å². The second-order valence-corrected chi connectivity index (χ2v) is 7.11. The van der Waals surface area contributed by atoms with Crippen LogP contribution in [0.2, 0.25) is 0 Å². The Morgan fingerprint density at radius 3 is 2.36 bits per heavy atom. The van der Waals surface area contributed by atoms with Gasteiger partial charge in [-0.2, -0.15) is 10.2 Å². The van der Waals surface area contributed by atoms with Crippen LogP contribution in [0.1, 0.15) is 23.2 Å². The van der Waals surface area contributed by atoms with E-state index in [1.54, 1.807) is 10.9 Å². The SMILES string of the molecule is C[NH+]1CCC(=NNC(=O)c2cn(-c3ccccc3)nc2-c2ccccc2)CC1. The Kier molecular flexibility index (Phi) is 5.30. The van der Waals surface area contributed by atoms with Gasteiger partial charge in [0.15, 0.2) is 0 Å². The van der Waals surface area contributed by atoms with Crippen molar-refractivity contribution >= 4 is 11.6 Å². The van der Waals surface area contributed by atoms with Crippen LogP contribution >= 0.6 is 0 Å². The maximum absolute atomic E-state index is 12.9. The fourth-order valence-corrected chi connectivity index (χ4v) is 3.33. The second-order valence-electron chi connectivity index (χ2n) is 7.11. The predicted molar refractivity (Wildman–Crippen MR) is 110 cm³/mol. The molecular formula is C22H24N5O+. The topological polar surface area (TPSA) is 63.7 Å². The summed E-state index contributed by atoms with van der Waals surface area (Å²) in [7, 11) is 2.18. The minimum absolute atomic E-state index is 0.236. The molecule has 1 saturated heterocycles. The second kappa shape index (κ2) is 8.19. The highest BCUT2D eigenvalue weighted by Crippen LogP contribution is 2.23. The molecule has 0 atom stereocenters. The zero-order valence-electron chi connectivity index (χ0n) is 15.9. The van der Waals surface area contributed by atoms with Gasteiger partial charge >= 0.3 is 0 Å². The van der Waals surface area contributed by atoms with Gasteiger partial charge in [-0.1, -0.05) is 48.5 Å². The molecule has 0 radical (unpaired) electrons. The van der Waals surface area contributed by atoms with Gasteiger partial charge in [-0.15, -0.1) is 0 Å². The van der Waals surface area contributed by atoms with Gasteiger partial charge < -0.3 is 4.90 Å². The number of hydrogen-bond acceptors (Lipinski definition) is 3. The summed E-state index contributed by atoms with van der Waals surface area (Å²) in [5, 5.41) is 9.06. The van der Waals surface area contributed by atoms with E-state index in [2.05, 4.69) is 22.7 Å². The number of nitrogens with zero attached hydrogens (tertiary/aromatic N) is 3. The number of para-hydroxylation sites is 1. The first kappa shape index (κ1) is 18.1. The maximum Gasteiger partial charge on any atom is 0.275 e. The Hall–Kier alpha value is -3.25. The molecule has 6 heteroatoms. The van der Waals surface area contributed by atoms with E-state index in [4.69, 9.17) is 0 Å². The lowest BCUT2D eigenvalue weighted by Gasteiger charge is -2.20. The van der Waals surface area contributed by atoms with Gasteiger partial charge in [0.25, 0.3) is 5.91 Å². The number of hydrazone groups is 1. The summed E-state index contributed by atoms with van der Waals surface area (Å²) in [6.45, 7) is 2.10. The lowest BCUT2D eigenvalue weighted by molar-refractivity contribution is -0.880.